The SMILES string of the molecule is Cc1cccc(-c2noc(-c3cccc(OCC4CCN(Cc5ccc(F)c(F)c5)CC4)c3)n2)n1. The van der Waals surface area contributed by atoms with Gasteiger partial charge in [-0.05, 0) is 86.8 Å². The first-order valence-corrected chi connectivity index (χ1v) is 11.7. The topological polar surface area (TPSA) is 64.3 Å². The molecule has 0 atom stereocenters. The Morgan fingerprint density at radius 2 is 1.80 bits per heavy atom. The summed E-state index contributed by atoms with van der Waals surface area (Å²) in [4.78, 5) is 11.2. The summed E-state index contributed by atoms with van der Waals surface area (Å²) in [5.74, 6) is 0.444. The van der Waals surface area contributed by atoms with Crippen molar-refractivity contribution in [2.24, 2.45) is 5.92 Å². The average molecular weight is 477 g/mol. The number of hydrogen-bond acceptors (Lipinski definition) is 6. The number of piperidine rings is 1. The number of nitrogens with zero attached hydrogens (tertiary/aromatic N) is 4. The van der Waals surface area contributed by atoms with Gasteiger partial charge in [0.05, 0.1) is 6.61 Å². The lowest BCUT2D eigenvalue weighted by atomic mass is 9.97. The van der Waals surface area contributed by atoms with Crippen LogP contribution < -0.4 is 4.74 Å². The van der Waals surface area contributed by atoms with Crippen LogP contribution in [-0.4, -0.2) is 39.7 Å². The molecule has 0 bridgehead atoms. The van der Waals surface area contributed by atoms with Crippen molar-refractivity contribution in [2.75, 3.05) is 19.7 Å². The third-order valence-corrected chi connectivity index (χ3v) is 6.21. The minimum absolute atomic E-state index is 0.416. The molecule has 35 heavy (non-hydrogen) atoms. The number of ether oxygens (including phenoxy) is 1. The Labute approximate surface area is 202 Å². The molecule has 1 saturated heterocycles. The van der Waals surface area contributed by atoms with Crippen LogP contribution in [-0.2, 0) is 6.54 Å². The molecule has 0 amide bonds. The fourth-order valence-electron chi connectivity index (χ4n) is 4.25. The molecule has 6 nitrogen and oxygen atoms in total. The number of benzene rings is 2. The van der Waals surface area contributed by atoms with Crippen molar-refractivity contribution in [1.82, 2.24) is 20.0 Å². The zero-order chi connectivity index (χ0) is 24.2. The maximum atomic E-state index is 13.5. The lowest BCUT2D eigenvalue weighted by Gasteiger charge is -2.31. The Morgan fingerprint density at radius 1 is 0.971 bits per heavy atom. The molecule has 4 aromatic rings. The monoisotopic (exact) mass is 476 g/mol. The molecule has 2 aromatic carbocycles. The van der Waals surface area contributed by atoms with Crippen LogP contribution in [0.25, 0.3) is 23.0 Å². The lowest BCUT2D eigenvalue weighted by Crippen LogP contribution is -2.35. The summed E-state index contributed by atoms with van der Waals surface area (Å²) in [6.07, 6.45) is 1.97. The molecule has 1 fully saturated rings. The van der Waals surface area contributed by atoms with Gasteiger partial charge >= 0.3 is 0 Å². The molecule has 8 heteroatoms. The van der Waals surface area contributed by atoms with E-state index in [2.05, 4.69) is 20.0 Å². The number of halogens is 2. The van der Waals surface area contributed by atoms with E-state index in [4.69, 9.17) is 9.26 Å². The van der Waals surface area contributed by atoms with Crippen LogP contribution in [0.15, 0.2) is 65.2 Å². The summed E-state index contributed by atoms with van der Waals surface area (Å²) in [5, 5.41) is 4.07. The number of hydrogen-bond donors (Lipinski definition) is 0. The first-order valence-electron chi connectivity index (χ1n) is 11.7. The van der Waals surface area contributed by atoms with E-state index in [1.165, 1.54) is 12.1 Å². The summed E-state index contributed by atoms with van der Waals surface area (Å²) in [6, 6.07) is 17.4. The zero-order valence-corrected chi connectivity index (χ0v) is 19.5. The van der Waals surface area contributed by atoms with Crippen molar-refractivity contribution in [3.8, 4) is 28.7 Å². The smallest absolute Gasteiger partial charge is 0.258 e. The maximum Gasteiger partial charge on any atom is 0.258 e. The van der Waals surface area contributed by atoms with E-state index in [0.717, 1.165) is 48.5 Å². The van der Waals surface area contributed by atoms with Gasteiger partial charge in [-0.15, -0.1) is 0 Å². The van der Waals surface area contributed by atoms with Gasteiger partial charge in [-0.2, -0.15) is 4.98 Å². The summed E-state index contributed by atoms with van der Waals surface area (Å²) < 4.78 is 38.2. The fraction of sp³-hybridized carbons (Fsp3) is 0.296. The van der Waals surface area contributed by atoms with Gasteiger partial charge in [0.25, 0.3) is 5.89 Å². The Bertz CT molecular complexity index is 1300. The molecule has 1 aliphatic heterocycles. The Hall–Kier alpha value is -3.65. The van der Waals surface area contributed by atoms with Crippen LogP contribution in [0.2, 0.25) is 0 Å². The largest absolute Gasteiger partial charge is 0.493 e. The lowest BCUT2D eigenvalue weighted by molar-refractivity contribution is 0.136. The highest BCUT2D eigenvalue weighted by Gasteiger charge is 2.20. The van der Waals surface area contributed by atoms with Gasteiger partial charge in [-0.25, -0.2) is 13.8 Å². The zero-order valence-electron chi connectivity index (χ0n) is 19.5. The summed E-state index contributed by atoms with van der Waals surface area (Å²) >= 11 is 0. The first-order chi connectivity index (χ1) is 17.0. The highest BCUT2D eigenvalue weighted by molar-refractivity contribution is 5.59. The second-order valence-corrected chi connectivity index (χ2v) is 8.89. The molecule has 0 saturated carbocycles. The molecule has 5 rings (SSSR count). The Kier molecular flexibility index (Phi) is 6.81. The predicted octanol–water partition coefficient (Wildman–Crippen LogP) is 5.68. The van der Waals surface area contributed by atoms with Crippen LogP contribution in [0.4, 0.5) is 8.78 Å². The van der Waals surface area contributed by atoms with Crippen molar-refractivity contribution in [3.63, 3.8) is 0 Å². The molecular weight excluding hydrogens is 450 g/mol. The third-order valence-electron chi connectivity index (χ3n) is 6.21. The average Bonchev–Trinajstić information content (AvgIpc) is 3.37. The van der Waals surface area contributed by atoms with E-state index in [-0.39, 0.29) is 0 Å². The van der Waals surface area contributed by atoms with Crippen molar-refractivity contribution in [3.05, 3.63) is 83.6 Å². The normalized spacial score (nSPS) is 14.8. The first kappa shape index (κ1) is 23.1. The van der Waals surface area contributed by atoms with Crippen LogP contribution in [0.1, 0.15) is 24.1 Å². The Balaban J connectivity index is 1.14. The molecule has 1 aliphatic rings. The molecule has 2 aromatic heterocycles. The molecule has 0 aliphatic carbocycles. The summed E-state index contributed by atoms with van der Waals surface area (Å²) in [5.41, 5.74) is 3.13. The van der Waals surface area contributed by atoms with Crippen molar-refractivity contribution >= 4 is 0 Å². The second-order valence-electron chi connectivity index (χ2n) is 8.89. The molecule has 0 N–H and O–H groups in total. The van der Waals surface area contributed by atoms with Gasteiger partial charge in [0.1, 0.15) is 11.4 Å². The second kappa shape index (κ2) is 10.3. The molecule has 0 unspecified atom stereocenters. The van der Waals surface area contributed by atoms with E-state index >= 15 is 0 Å². The van der Waals surface area contributed by atoms with Crippen molar-refractivity contribution in [2.45, 2.75) is 26.3 Å². The van der Waals surface area contributed by atoms with Gasteiger partial charge in [-0.3, -0.25) is 4.90 Å². The predicted molar refractivity (Wildman–Crippen MR) is 128 cm³/mol. The van der Waals surface area contributed by atoms with E-state index in [1.54, 1.807) is 6.07 Å². The van der Waals surface area contributed by atoms with E-state index < -0.39 is 11.6 Å². The minimum Gasteiger partial charge on any atom is -0.493 e. The number of rotatable bonds is 7. The minimum atomic E-state index is -0.809. The van der Waals surface area contributed by atoms with Gasteiger partial charge < -0.3 is 9.26 Å². The summed E-state index contributed by atoms with van der Waals surface area (Å²) in [7, 11) is 0. The van der Waals surface area contributed by atoms with E-state index in [1.807, 2.05) is 49.4 Å². The summed E-state index contributed by atoms with van der Waals surface area (Å²) in [6.45, 7) is 4.94. The molecule has 3 heterocycles. The van der Waals surface area contributed by atoms with Gasteiger partial charge in [-0.1, -0.05) is 23.4 Å². The van der Waals surface area contributed by atoms with Gasteiger partial charge in [0, 0.05) is 17.8 Å². The third kappa shape index (κ3) is 5.71. The number of aromatic nitrogens is 3. The van der Waals surface area contributed by atoms with E-state index in [9.17, 15) is 8.78 Å². The number of likely N-dealkylation sites (tertiary alicyclic amines) is 1. The standard InChI is InChI=1S/C27H26F2N4O2/c1-18-4-2-7-25(30-18)26-31-27(35-32-26)21-5-3-6-22(15-21)34-17-19-10-12-33(13-11-19)16-20-8-9-23(28)24(29)14-20/h2-9,14-15,19H,10-13,16-17H2,1H3. The van der Waals surface area contributed by atoms with Gasteiger partial charge in [0.15, 0.2) is 11.6 Å². The van der Waals surface area contributed by atoms with Crippen LogP contribution in [0.3, 0.4) is 0 Å². The van der Waals surface area contributed by atoms with E-state index in [0.29, 0.717) is 36.5 Å². The Morgan fingerprint density at radius 3 is 2.60 bits per heavy atom. The quantitative estimate of drug-likeness (QED) is 0.342. The fourth-order valence-corrected chi connectivity index (χ4v) is 4.25. The highest BCUT2D eigenvalue weighted by Crippen LogP contribution is 2.26. The molecule has 180 valence electrons. The maximum absolute atomic E-state index is 13.5. The van der Waals surface area contributed by atoms with Crippen LogP contribution in [0.5, 0.6) is 5.75 Å². The van der Waals surface area contributed by atoms with Crippen molar-refractivity contribution in [1.29, 1.82) is 0 Å². The van der Waals surface area contributed by atoms with Gasteiger partial charge in [0.2, 0.25) is 5.82 Å². The highest BCUT2D eigenvalue weighted by atomic mass is 19.2. The van der Waals surface area contributed by atoms with Crippen LogP contribution in [0, 0.1) is 24.5 Å². The molecule has 0 radical (unpaired) electrons. The number of aryl methyl sites for hydroxylation is 1. The molecular formula is C27H26F2N4O2. The number of pyridine rings is 1. The van der Waals surface area contributed by atoms with Crippen molar-refractivity contribution < 1.29 is 18.0 Å². The molecule has 0 spiro atoms. The van der Waals surface area contributed by atoms with Crippen LogP contribution >= 0.6 is 0 Å².